The first-order valence-corrected chi connectivity index (χ1v) is 7.28. The number of hydrogen-bond donors (Lipinski definition) is 1. The predicted octanol–water partition coefficient (Wildman–Crippen LogP) is 3.58. The van der Waals surface area contributed by atoms with Gasteiger partial charge in [0, 0.05) is 0 Å². The van der Waals surface area contributed by atoms with Gasteiger partial charge in [-0.05, 0) is 31.2 Å². The lowest BCUT2D eigenvalue weighted by atomic mass is 10.1. The molecule has 1 aromatic heterocycles. The standard InChI is InChI=1S/C15H17NO2S/c1-2-12-14(15(17)18)19-13(16-12)10-6-9-11-7-4-3-5-8-11/h3-5,7-8H,2,6,9-10H2,1H3,(H,17,18). The van der Waals surface area contributed by atoms with Crippen LogP contribution in [0.4, 0.5) is 0 Å². The normalized spacial score (nSPS) is 10.6. The van der Waals surface area contributed by atoms with E-state index < -0.39 is 5.97 Å². The first-order valence-electron chi connectivity index (χ1n) is 6.46. The van der Waals surface area contributed by atoms with Gasteiger partial charge in [-0.25, -0.2) is 9.78 Å². The molecule has 0 atom stereocenters. The van der Waals surface area contributed by atoms with Gasteiger partial charge in [0.15, 0.2) is 0 Å². The third kappa shape index (κ3) is 3.64. The van der Waals surface area contributed by atoms with E-state index in [1.54, 1.807) is 0 Å². The number of hydrogen-bond acceptors (Lipinski definition) is 3. The van der Waals surface area contributed by atoms with E-state index in [2.05, 4.69) is 17.1 Å². The van der Waals surface area contributed by atoms with Crippen molar-refractivity contribution in [3.63, 3.8) is 0 Å². The maximum atomic E-state index is 11.1. The summed E-state index contributed by atoms with van der Waals surface area (Å²) in [5, 5.41) is 10.0. The van der Waals surface area contributed by atoms with Gasteiger partial charge in [0.2, 0.25) is 0 Å². The Morgan fingerprint density at radius 3 is 2.58 bits per heavy atom. The van der Waals surface area contributed by atoms with E-state index in [9.17, 15) is 4.79 Å². The Hall–Kier alpha value is -1.68. The summed E-state index contributed by atoms with van der Waals surface area (Å²) in [5.74, 6) is -0.858. The van der Waals surface area contributed by atoms with Crippen LogP contribution in [0.2, 0.25) is 0 Å². The van der Waals surface area contributed by atoms with E-state index >= 15 is 0 Å². The molecule has 0 unspecified atom stereocenters. The van der Waals surface area contributed by atoms with E-state index in [0.29, 0.717) is 17.0 Å². The molecule has 2 aromatic rings. The van der Waals surface area contributed by atoms with E-state index in [4.69, 9.17) is 5.11 Å². The lowest BCUT2D eigenvalue weighted by Gasteiger charge is -1.99. The fourth-order valence-electron chi connectivity index (χ4n) is 2.00. The van der Waals surface area contributed by atoms with Gasteiger partial charge in [-0.3, -0.25) is 0 Å². The van der Waals surface area contributed by atoms with Crippen molar-refractivity contribution >= 4 is 17.3 Å². The largest absolute Gasteiger partial charge is 0.477 e. The summed E-state index contributed by atoms with van der Waals surface area (Å²) < 4.78 is 0. The molecule has 0 aliphatic carbocycles. The molecule has 0 radical (unpaired) electrons. The number of benzene rings is 1. The van der Waals surface area contributed by atoms with Gasteiger partial charge >= 0.3 is 5.97 Å². The maximum absolute atomic E-state index is 11.1. The van der Waals surface area contributed by atoms with Gasteiger partial charge in [0.25, 0.3) is 0 Å². The molecule has 1 N–H and O–H groups in total. The first kappa shape index (κ1) is 13.7. The van der Waals surface area contributed by atoms with Crippen molar-refractivity contribution < 1.29 is 9.90 Å². The molecule has 1 heterocycles. The summed E-state index contributed by atoms with van der Waals surface area (Å²) in [6, 6.07) is 10.3. The Balaban J connectivity index is 1.95. The monoisotopic (exact) mass is 275 g/mol. The summed E-state index contributed by atoms with van der Waals surface area (Å²) in [4.78, 5) is 15.9. The molecular formula is C15H17NO2S. The second kappa shape index (κ2) is 6.48. The number of aromatic nitrogens is 1. The Morgan fingerprint density at radius 1 is 1.26 bits per heavy atom. The van der Waals surface area contributed by atoms with E-state index in [1.807, 2.05) is 25.1 Å². The number of thiazole rings is 1. The smallest absolute Gasteiger partial charge is 0.347 e. The fourth-order valence-corrected chi connectivity index (χ4v) is 3.04. The molecule has 0 aliphatic rings. The predicted molar refractivity (Wildman–Crippen MR) is 76.9 cm³/mol. The summed E-state index contributed by atoms with van der Waals surface area (Å²) in [6.45, 7) is 1.94. The van der Waals surface area contributed by atoms with Gasteiger partial charge in [0.1, 0.15) is 4.88 Å². The average Bonchev–Trinajstić information content (AvgIpc) is 2.83. The zero-order valence-corrected chi connectivity index (χ0v) is 11.7. The van der Waals surface area contributed by atoms with Crippen molar-refractivity contribution in [1.29, 1.82) is 0 Å². The number of nitrogens with zero attached hydrogens (tertiary/aromatic N) is 1. The molecular weight excluding hydrogens is 258 g/mol. The maximum Gasteiger partial charge on any atom is 0.347 e. The molecule has 100 valence electrons. The number of aryl methyl sites for hydroxylation is 3. The molecule has 0 fully saturated rings. The van der Waals surface area contributed by atoms with Crippen LogP contribution in [0.3, 0.4) is 0 Å². The highest BCUT2D eigenvalue weighted by molar-refractivity contribution is 7.13. The van der Waals surface area contributed by atoms with Gasteiger partial charge in [0.05, 0.1) is 10.7 Å². The molecule has 4 heteroatoms. The van der Waals surface area contributed by atoms with Crippen LogP contribution < -0.4 is 0 Å². The van der Waals surface area contributed by atoms with Gasteiger partial charge < -0.3 is 5.11 Å². The second-order valence-corrected chi connectivity index (χ2v) is 5.46. The molecule has 19 heavy (non-hydrogen) atoms. The molecule has 3 nitrogen and oxygen atoms in total. The summed E-state index contributed by atoms with van der Waals surface area (Å²) >= 11 is 1.32. The van der Waals surface area contributed by atoms with Crippen molar-refractivity contribution in [2.75, 3.05) is 0 Å². The Morgan fingerprint density at radius 2 is 2.00 bits per heavy atom. The van der Waals surface area contributed by atoms with Gasteiger partial charge in [-0.1, -0.05) is 37.3 Å². The molecule has 0 saturated carbocycles. The summed E-state index contributed by atoms with van der Waals surface area (Å²) in [5.41, 5.74) is 2.03. The van der Waals surface area contributed by atoms with Crippen LogP contribution >= 0.6 is 11.3 Å². The number of carbonyl (C=O) groups is 1. The van der Waals surface area contributed by atoms with Crippen LogP contribution in [0.5, 0.6) is 0 Å². The molecule has 0 aliphatic heterocycles. The SMILES string of the molecule is CCc1nc(CCCc2ccccc2)sc1C(=O)O. The topological polar surface area (TPSA) is 50.2 Å². The molecule has 2 rings (SSSR count). The van der Waals surface area contributed by atoms with Crippen molar-refractivity contribution in [3.8, 4) is 0 Å². The van der Waals surface area contributed by atoms with Crippen molar-refractivity contribution in [2.24, 2.45) is 0 Å². The van der Waals surface area contributed by atoms with Crippen LogP contribution in [-0.4, -0.2) is 16.1 Å². The number of rotatable bonds is 6. The first-order chi connectivity index (χ1) is 9.20. The fraction of sp³-hybridized carbons (Fsp3) is 0.333. The van der Waals surface area contributed by atoms with E-state index in [0.717, 1.165) is 24.3 Å². The third-order valence-electron chi connectivity index (χ3n) is 2.97. The summed E-state index contributed by atoms with van der Waals surface area (Å²) in [6.07, 6.45) is 3.53. The second-order valence-electron chi connectivity index (χ2n) is 4.38. The zero-order chi connectivity index (χ0) is 13.7. The Bertz CT molecular complexity index is 549. The average molecular weight is 275 g/mol. The number of carboxylic acid groups (broad SMARTS) is 1. The summed E-state index contributed by atoms with van der Waals surface area (Å²) in [7, 11) is 0. The van der Waals surface area contributed by atoms with Crippen LogP contribution in [-0.2, 0) is 19.3 Å². The number of carboxylic acids is 1. The van der Waals surface area contributed by atoms with E-state index in [1.165, 1.54) is 16.9 Å². The minimum absolute atomic E-state index is 0.400. The van der Waals surface area contributed by atoms with Crippen LogP contribution in [0.15, 0.2) is 30.3 Å². The minimum atomic E-state index is -0.858. The van der Waals surface area contributed by atoms with Gasteiger partial charge in [-0.15, -0.1) is 11.3 Å². The molecule has 0 saturated heterocycles. The zero-order valence-electron chi connectivity index (χ0n) is 10.9. The van der Waals surface area contributed by atoms with E-state index in [-0.39, 0.29) is 0 Å². The molecule has 0 bridgehead atoms. The lowest BCUT2D eigenvalue weighted by molar-refractivity contribution is 0.0701. The van der Waals surface area contributed by atoms with Crippen molar-refractivity contribution in [1.82, 2.24) is 4.98 Å². The highest BCUT2D eigenvalue weighted by Crippen LogP contribution is 2.21. The van der Waals surface area contributed by atoms with Gasteiger partial charge in [-0.2, -0.15) is 0 Å². The van der Waals surface area contributed by atoms with Crippen LogP contribution in [0, 0.1) is 0 Å². The highest BCUT2D eigenvalue weighted by Gasteiger charge is 2.15. The quantitative estimate of drug-likeness (QED) is 0.876. The Labute approximate surface area is 116 Å². The highest BCUT2D eigenvalue weighted by atomic mass is 32.1. The minimum Gasteiger partial charge on any atom is -0.477 e. The molecule has 0 amide bonds. The van der Waals surface area contributed by atoms with Crippen molar-refractivity contribution in [2.45, 2.75) is 32.6 Å². The third-order valence-corrected chi connectivity index (χ3v) is 4.12. The van der Waals surface area contributed by atoms with Crippen LogP contribution in [0.25, 0.3) is 0 Å². The van der Waals surface area contributed by atoms with Crippen molar-refractivity contribution in [3.05, 3.63) is 51.5 Å². The Kier molecular flexibility index (Phi) is 4.68. The lowest BCUT2D eigenvalue weighted by Crippen LogP contribution is -1.97. The van der Waals surface area contributed by atoms with Crippen LogP contribution in [0.1, 0.15) is 39.3 Å². The number of aromatic carboxylic acids is 1. The molecule has 1 aromatic carbocycles. The molecule has 0 spiro atoms.